The first-order valence-electron chi connectivity index (χ1n) is 11.2. The van der Waals surface area contributed by atoms with Crippen LogP contribution < -0.4 is 0 Å². The summed E-state index contributed by atoms with van der Waals surface area (Å²) in [6.45, 7) is 13.9. The zero-order valence-electron chi connectivity index (χ0n) is 18.1. The molecule has 0 aromatic carbocycles. The van der Waals surface area contributed by atoms with Crippen LogP contribution in [0, 0.1) is 12.8 Å². The number of aromatic nitrogens is 1. The van der Waals surface area contributed by atoms with Crippen molar-refractivity contribution in [2.75, 3.05) is 45.8 Å². The molecule has 0 spiro atoms. The zero-order chi connectivity index (χ0) is 19.9. The van der Waals surface area contributed by atoms with Crippen molar-refractivity contribution in [3.63, 3.8) is 0 Å². The van der Waals surface area contributed by atoms with Crippen molar-refractivity contribution in [2.45, 2.75) is 58.9 Å². The molecule has 2 aliphatic rings. The topological polar surface area (TPSA) is 39.7 Å². The van der Waals surface area contributed by atoms with Crippen LogP contribution >= 0.6 is 0 Å². The number of carbonyl (C=O) groups excluding carboxylic acids is 1. The van der Waals surface area contributed by atoms with Crippen molar-refractivity contribution in [1.29, 1.82) is 0 Å². The first-order chi connectivity index (χ1) is 13.5. The molecule has 0 saturated carbocycles. The van der Waals surface area contributed by atoms with E-state index in [4.69, 9.17) is 0 Å². The Labute approximate surface area is 171 Å². The quantitative estimate of drug-likeness (QED) is 0.722. The molecule has 2 saturated heterocycles. The molecular formula is C23H38N4O. The van der Waals surface area contributed by atoms with Gasteiger partial charge in [0.1, 0.15) is 0 Å². The van der Waals surface area contributed by atoms with Crippen LogP contribution in [0.2, 0.25) is 0 Å². The first-order valence-corrected chi connectivity index (χ1v) is 11.2. The zero-order valence-corrected chi connectivity index (χ0v) is 18.1. The number of rotatable bonds is 7. The van der Waals surface area contributed by atoms with Gasteiger partial charge in [0.2, 0.25) is 5.91 Å². The van der Waals surface area contributed by atoms with Crippen LogP contribution in [-0.4, -0.2) is 77.4 Å². The molecule has 1 aromatic rings. The molecule has 156 valence electrons. The molecule has 5 heteroatoms. The Morgan fingerprint density at radius 3 is 2.50 bits per heavy atom. The summed E-state index contributed by atoms with van der Waals surface area (Å²) in [7, 11) is 0. The Kier molecular flexibility index (Phi) is 7.86. The fourth-order valence-electron chi connectivity index (χ4n) is 4.63. The number of aryl methyl sites for hydroxylation is 1. The van der Waals surface area contributed by atoms with Crippen molar-refractivity contribution in [1.82, 2.24) is 19.7 Å². The molecule has 0 aliphatic carbocycles. The third kappa shape index (κ3) is 6.02. The molecule has 2 fully saturated rings. The predicted octanol–water partition coefficient (Wildman–Crippen LogP) is 2.98. The van der Waals surface area contributed by atoms with Crippen molar-refractivity contribution < 1.29 is 4.79 Å². The molecule has 5 nitrogen and oxygen atoms in total. The number of piperazine rings is 1. The van der Waals surface area contributed by atoms with E-state index in [0.717, 1.165) is 70.8 Å². The Morgan fingerprint density at radius 2 is 1.86 bits per heavy atom. The van der Waals surface area contributed by atoms with Crippen LogP contribution in [-0.2, 0) is 11.2 Å². The van der Waals surface area contributed by atoms with E-state index >= 15 is 0 Å². The van der Waals surface area contributed by atoms with Gasteiger partial charge in [-0.15, -0.1) is 0 Å². The number of likely N-dealkylation sites (tertiary alicyclic amines) is 1. The summed E-state index contributed by atoms with van der Waals surface area (Å²) in [4.78, 5) is 24.3. The fourth-order valence-corrected chi connectivity index (χ4v) is 4.63. The number of likely N-dealkylation sites (N-methyl/N-ethyl adjacent to an activating group) is 1. The minimum Gasteiger partial charge on any atom is -0.340 e. The fraction of sp³-hybridized carbons (Fsp3) is 0.739. The first kappa shape index (κ1) is 21.3. The van der Waals surface area contributed by atoms with Gasteiger partial charge in [0, 0.05) is 56.5 Å². The lowest BCUT2D eigenvalue weighted by molar-refractivity contribution is -0.133. The Balaban J connectivity index is 1.35. The van der Waals surface area contributed by atoms with E-state index in [9.17, 15) is 4.79 Å². The van der Waals surface area contributed by atoms with Gasteiger partial charge in [-0.2, -0.15) is 0 Å². The van der Waals surface area contributed by atoms with Gasteiger partial charge in [-0.25, -0.2) is 0 Å². The monoisotopic (exact) mass is 386 g/mol. The molecule has 2 aliphatic heterocycles. The summed E-state index contributed by atoms with van der Waals surface area (Å²) in [6, 6.07) is 6.84. The number of carbonyl (C=O) groups is 1. The number of nitrogens with zero attached hydrogens (tertiary/aromatic N) is 4. The van der Waals surface area contributed by atoms with Crippen LogP contribution in [0.1, 0.15) is 50.9 Å². The van der Waals surface area contributed by atoms with Crippen LogP contribution in [0.25, 0.3) is 0 Å². The summed E-state index contributed by atoms with van der Waals surface area (Å²) in [5.41, 5.74) is 2.30. The second-order valence-corrected chi connectivity index (χ2v) is 8.66. The van der Waals surface area contributed by atoms with Crippen LogP contribution in [0.4, 0.5) is 0 Å². The van der Waals surface area contributed by atoms with Crippen LogP contribution in [0.5, 0.6) is 0 Å². The third-order valence-corrected chi connectivity index (χ3v) is 6.66. The summed E-state index contributed by atoms with van der Waals surface area (Å²) >= 11 is 0. The SMILES string of the molecule is CCN1CCN(C(=O)CCC2CCN([C@H](C)Cc3cccc(C)n3)CC2)CC1. The molecule has 3 rings (SSSR count). The minimum absolute atomic E-state index is 0.372. The number of piperidine rings is 1. The van der Waals surface area contributed by atoms with Gasteiger partial charge in [0.25, 0.3) is 0 Å². The van der Waals surface area contributed by atoms with Gasteiger partial charge in [-0.05, 0) is 70.8 Å². The Bertz CT molecular complexity index is 619. The van der Waals surface area contributed by atoms with Gasteiger partial charge in [0.15, 0.2) is 0 Å². The average Bonchev–Trinajstić information content (AvgIpc) is 2.72. The highest BCUT2D eigenvalue weighted by molar-refractivity contribution is 5.76. The predicted molar refractivity (Wildman–Crippen MR) is 114 cm³/mol. The highest BCUT2D eigenvalue weighted by Crippen LogP contribution is 2.24. The lowest BCUT2D eigenvalue weighted by atomic mass is 9.91. The largest absolute Gasteiger partial charge is 0.340 e. The average molecular weight is 387 g/mol. The molecule has 0 radical (unpaired) electrons. The van der Waals surface area contributed by atoms with Gasteiger partial charge < -0.3 is 14.7 Å². The van der Waals surface area contributed by atoms with Crippen molar-refractivity contribution in [2.24, 2.45) is 5.92 Å². The van der Waals surface area contributed by atoms with E-state index in [-0.39, 0.29) is 0 Å². The molecule has 28 heavy (non-hydrogen) atoms. The van der Waals surface area contributed by atoms with E-state index in [1.165, 1.54) is 18.5 Å². The molecule has 0 N–H and O–H groups in total. The molecule has 1 amide bonds. The summed E-state index contributed by atoms with van der Waals surface area (Å²) < 4.78 is 0. The highest BCUT2D eigenvalue weighted by Gasteiger charge is 2.25. The van der Waals surface area contributed by atoms with Gasteiger partial charge in [-0.1, -0.05) is 13.0 Å². The molecule has 1 aromatic heterocycles. The lowest BCUT2D eigenvalue weighted by Crippen LogP contribution is -2.48. The molecule has 3 heterocycles. The number of hydrogen-bond acceptors (Lipinski definition) is 4. The third-order valence-electron chi connectivity index (χ3n) is 6.66. The maximum atomic E-state index is 12.5. The lowest BCUT2D eigenvalue weighted by Gasteiger charge is -2.37. The van der Waals surface area contributed by atoms with Gasteiger partial charge in [-0.3, -0.25) is 9.78 Å². The smallest absolute Gasteiger partial charge is 0.222 e. The Morgan fingerprint density at radius 1 is 1.14 bits per heavy atom. The maximum Gasteiger partial charge on any atom is 0.222 e. The number of amides is 1. The number of hydrogen-bond donors (Lipinski definition) is 0. The van der Waals surface area contributed by atoms with Gasteiger partial charge in [0.05, 0.1) is 0 Å². The highest BCUT2D eigenvalue weighted by atomic mass is 16.2. The van der Waals surface area contributed by atoms with Crippen LogP contribution in [0.3, 0.4) is 0 Å². The number of pyridine rings is 1. The second kappa shape index (κ2) is 10.4. The maximum absolute atomic E-state index is 12.5. The summed E-state index contributed by atoms with van der Waals surface area (Å²) in [5, 5.41) is 0. The minimum atomic E-state index is 0.372. The molecular weight excluding hydrogens is 348 g/mol. The van der Waals surface area contributed by atoms with E-state index in [1.807, 2.05) is 0 Å². The van der Waals surface area contributed by atoms with E-state index in [1.54, 1.807) is 0 Å². The van der Waals surface area contributed by atoms with E-state index in [0.29, 0.717) is 17.9 Å². The molecule has 1 atom stereocenters. The van der Waals surface area contributed by atoms with Crippen molar-refractivity contribution >= 4 is 5.91 Å². The molecule has 0 bridgehead atoms. The second-order valence-electron chi connectivity index (χ2n) is 8.66. The van der Waals surface area contributed by atoms with Crippen molar-refractivity contribution in [3.05, 3.63) is 29.6 Å². The van der Waals surface area contributed by atoms with Gasteiger partial charge >= 0.3 is 0 Å². The van der Waals surface area contributed by atoms with Crippen LogP contribution in [0.15, 0.2) is 18.2 Å². The summed E-state index contributed by atoms with van der Waals surface area (Å²) in [5.74, 6) is 1.08. The van der Waals surface area contributed by atoms with E-state index < -0.39 is 0 Å². The standard InChI is InChI=1S/C23H38N4O/c1-4-25-14-16-27(17-15-25)23(28)9-8-21-10-12-26(13-11-21)20(3)18-22-7-5-6-19(2)24-22/h5-7,20-21H,4,8-18H2,1-3H3/t20-/m1/s1. The summed E-state index contributed by atoms with van der Waals surface area (Å²) in [6.07, 6.45) is 5.27. The van der Waals surface area contributed by atoms with Crippen molar-refractivity contribution in [3.8, 4) is 0 Å². The Hall–Kier alpha value is -1.46. The molecule has 0 unspecified atom stereocenters. The normalized spacial score (nSPS) is 21.0. The van der Waals surface area contributed by atoms with E-state index in [2.05, 4.69) is 58.7 Å².